The Morgan fingerprint density at radius 2 is 1.83 bits per heavy atom. The van der Waals surface area contributed by atoms with Crippen molar-refractivity contribution in [1.82, 2.24) is 5.32 Å². The molecule has 3 heterocycles. The maximum Gasteiger partial charge on any atom is 0.259 e. The van der Waals surface area contributed by atoms with Gasteiger partial charge >= 0.3 is 0 Å². The summed E-state index contributed by atoms with van der Waals surface area (Å²) in [5.41, 5.74) is 4.12. The Morgan fingerprint density at radius 3 is 2.64 bits per heavy atom. The quantitative estimate of drug-likeness (QED) is 0.539. The van der Waals surface area contributed by atoms with Gasteiger partial charge in [0.25, 0.3) is 17.7 Å². The third-order valence-corrected chi connectivity index (χ3v) is 6.48. The summed E-state index contributed by atoms with van der Waals surface area (Å²) in [5.74, 6) is -1.36. The Hall–Kier alpha value is -3.02. The molecule has 2 atom stereocenters. The Bertz CT molecular complexity index is 1150. The van der Waals surface area contributed by atoms with E-state index in [1.807, 2.05) is 12.1 Å². The lowest BCUT2D eigenvalue weighted by Gasteiger charge is -2.35. The molecular formula is C25H29ClN4O6. The smallest absolute Gasteiger partial charge is 0.259 e. The second-order valence-corrected chi connectivity index (χ2v) is 8.74. The first kappa shape index (κ1) is 26.1. The van der Waals surface area contributed by atoms with E-state index in [9.17, 15) is 19.5 Å². The number of nitrogens with one attached hydrogen (secondary N) is 2. The summed E-state index contributed by atoms with van der Waals surface area (Å²) in [6, 6.07) is 12.7. The van der Waals surface area contributed by atoms with Crippen molar-refractivity contribution in [2.75, 3.05) is 54.6 Å². The van der Waals surface area contributed by atoms with E-state index in [4.69, 9.17) is 9.47 Å². The summed E-state index contributed by atoms with van der Waals surface area (Å²) in [7, 11) is 0. The van der Waals surface area contributed by atoms with Crippen LogP contribution in [0.1, 0.15) is 11.1 Å². The molecule has 2 fully saturated rings. The molecule has 0 radical (unpaired) electrons. The number of rotatable bonds is 5. The van der Waals surface area contributed by atoms with Gasteiger partial charge in [0, 0.05) is 36.7 Å². The number of aliphatic hydroxyl groups excluding tert-OH is 1. The second kappa shape index (κ2) is 11.4. The fraction of sp³-hybridized carbons (Fsp3) is 0.400. The van der Waals surface area contributed by atoms with Crippen LogP contribution in [0.3, 0.4) is 0 Å². The minimum Gasteiger partial charge on any atom is -0.380 e. The van der Waals surface area contributed by atoms with Crippen LogP contribution in [0.15, 0.2) is 42.5 Å². The third-order valence-electron chi connectivity index (χ3n) is 6.48. The summed E-state index contributed by atoms with van der Waals surface area (Å²) in [6.45, 7) is 2.97. The maximum absolute atomic E-state index is 13.2. The molecule has 2 aromatic rings. The van der Waals surface area contributed by atoms with Crippen molar-refractivity contribution in [3.63, 3.8) is 0 Å². The Morgan fingerprint density at radius 1 is 1.06 bits per heavy atom. The lowest BCUT2D eigenvalue weighted by molar-refractivity contribution is -0.150. The molecule has 0 aliphatic carbocycles. The van der Waals surface area contributed by atoms with Gasteiger partial charge in [-0.15, -0.1) is 12.4 Å². The van der Waals surface area contributed by atoms with Crippen LogP contribution >= 0.6 is 12.4 Å². The highest BCUT2D eigenvalue weighted by Gasteiger charge is 2.39. The molecule has 3 aliphatic rings. The van der Waals surface area contributed by atoms with Crippen molar-refractivity contribution in [2.24, 2.45) is 0 Å². The van der Waals surface area contributed by atoms with Crippen LogP contribution in [-0.4, -0.2) is 74.5 Å². The van der Waals surface area contributed by atoms with Gasteiger partial charge in [0.2, 0.25) is 0 Å². The monoisotopic (exact) mass is 516 g/mol. The molecule has 192 valence electrons. The molecule has 2 saturated heterocycles. The predicted molar refractivity (Wildman–Crippen MR) is 135 cm³/mol. The summed E-state index contributed by atoms with van der Waals surface area (Å²) < 4.78 is 10.7. The highest BCUT2D eigenvalue weighted by Crippen LogP contribution is 2.27. The number of amides is 3. The summed E-state index contributed by atoms with van der Waals surface area (Å²) in [4.78, 5) is 41.3. The first-order valence-corrected chi connectivity index (χ1v) is 11.7. The number of halogens is 1. The molecule has 5 rings (SSSR count). The van der Waals surface area contributed by atoms with Crippen LogP contribution in [-0.2, 0) is 36.8 Å². The number of fused-ring (bicyclic) bond motifs is 1. The molecule has 11 heteroatoms. The fourth-order valence-corrected chi connectivity index (χ4v) is 4.62. The standard InChI is InChI=1S/C25H28N4O6.ClH/c30-21-15-34-10-8-28(21)19-2-1-3-20(13-19)29-9-11-35-23(25(29)33)22(31)24(32)27-18-5-4-17-14-26-7-6-16(17)12-18;/h1-5,12-13,22-23,26,31H,6-11,14-15H2,(H,27,32);1H. The van der Waals surface area contributed by atoms with E-state index in [-0.39, 0.29) is 38.1 Å². The molecule has 0 bridgehead atoms. The van der Waals surface area contributed by atoms with E-state index < -0.39 is 24.0 Å². The zero-order valence-corrected chi connectivity index (χ0v) is 20.5. The molecule has 3 aliphatic heterocycles. The first-order valence-electron chi connectivity index (χ1n) is 11.7. The lowest BCUT2D eigenvalue weighted by atomic mass is 10.0. The van der Waals surface area contributed by atoms with Gasteiger partial charge < -0.3 is 35.0 Å². The number of nitrogens with zero attached hydrogens (tertiary/aromatic N) is 2. The summed E-state index contributed by atoms with van der Waals surface area (Å²) in [6.07, 6.45) is -2.15. The third kappa shape index (κ3) is 5.37. The average molecular weight is 517 g/mol. The molecule has 2 unspecified atom stereocenters. The number of ether oxygens (including phenoxy) is 2. The molecule has 3 amide bonds. The zero-order valence-electron chi connectivity index (χ0n) is 19.6. The number of hydrogen-bond acceptors (Lipinski definition) is 7. The van der Waals surface area contributed by atoms with Crippen molar-refractivity contribution in [3.8, 4) is 0 Å². The van der Waals surface area contributed by atoms with E-state index in [1.54, 1.807) is 35.2 Å². The summed E-state index contributed by atoms with van der Waals surface area (Å²) in [5, 5.41) is 16.7. The predicted octanol–water partition coefficient (Wildman–Crippen LogP) is 0.849. The fourth-order valence-electron chi connectivity index (χ4n) is 4.62. The van der Waals surface area contributed by atoms with Crippen LogP contribution < -0.4 is 20.4 Å². The van der Waals surface area contributed by atoms with Crippen molar-refractivity contribution in [1.29, 1.82) is 0 Å². The van der Waals surface area contributed by atoms with E-state index >= 15 is 0 Å². The topological polar surface area (TPSA) is 120 Å². The van der Waals surface area contributed by atoms with Gasteiger partial charge in [-0.05, 0) is 54.4 Å². The Balaban J connectivity index is 0.00000304. The molecular weight excluding hydrogens is 488 g/mol. The van der Waals surface area contributed by atoms with Gasteiger partial charge in [-0.2, -0.15) is 0 Å². The maximum atomic E-state index is 13.2. The van der Waals surface area contributed by atoms with Crippen LogP contribution in [0.25, 0.3) is 0 Å². The molecule has 10 nitrogen and oxygen atoms in total. The molecule has 0 spiro atoms. The number of carbonyl (C=O) groups is 3. The largest absolute Gasteiger partial charge is 0.380 e. The Labute approximate surface area is 214 Å². The lowest BCUT2D eigenvalue weighted by Crippen LogP contribution is -2.55. The number of carbonyl (C=O) groups excluding carboxylic acids is 3. The van der Waals surface area contributed by atoms with E-state index in [2.05, 4.69) is 10.6 Å². The molecule has 2 aromatic carbocycles. The molecule has 0 aromatic heterocycles. The second-order valence-electron chi connectivity index (χ2n) is 8.74. The van der Waals surface area contributed by atoms with Crippen LogP contribution in [0, 0.1) is 0 Å². The van der Waals surface area contributed by atoms with E-state index in [0.29, 0.717) is 30.2 Å². The van der Waals surface area contributed by atoms with E-state index in [1.165, 1.54) is 10.5 Å². The highest BCUT2D eigenvalue weighted by molar-refractivity contribution is 6.04. The number of benzene rings is 2. The SMILES string of the molecule is Cl.O=C(Nc1ccc2c(c1)CCNC2)C(O)C1OCCN(c2cccc(N3CCOCC3=O)c2)C1=O. The minimum atomic E-state index is -1.67. The number of morpholine rings is 2. The molecule has 0 saturated carbocycles. The van der Waals surface area contributed by atoms with Gasteiger partial charge in [-0.3, -0.25) is 14.4 Å². The molecule has 3 N–H and O–H groups in total. The van der Waals surface area contributed by atoms with Crippen molar-refractivity contribution < 1.29 is 29.0 Å². The highest BCUT2D eigenvalue weighted by atomic mass is 35.5. The van der Waals surface area contributed by atoms with Crippen molar-refractivity contribution in [2.45, 2.75) is 25.2 Å². The van der Waals surface area contributed by atoms with Crippen LogP contribution in [0.2, 0.25) is 0 Å². The Kier molecular flexibility index (Phi) is 8.22. The average Bonchev–Trinajstić information content (AvgIpc) is 2.88. The molecule has 36 heavy (non-hydrogen) atoms. The normalized spacial score (nSPS) is 20.9. The van der Waals surface area contributed by atoms with Gasteiger partial charge in [0.15, 0.2) is 12.2 Å². The minimum absolute atomic E-state index is 0. The zero-order chi connectivity index (χ0) is 24.4. The number of anilines is 3. The van der Waals surface area contributed by atoms with Crippen LogP contribution in [0.4, 0.5) is 17.1 Å². The van der Waals surface area contributed by atoms with Crippen molar-refractivity contribution >= 4 is 47.2 Å². The van der Waals surface area contributed by atoms with Gasteiger partial charge in [-0.25, -0.2) is 0 Å². The summed E-state index contributed by atoms with van der Waals surface area (Å²) >= 11 is 0. The van der Waals surface area contributed by atoms with Crippen molar-refractivity contribution in [3.05, 3.63) is 53.6 Å². The van der Waals surface area contributed by atoms with Gasteiger partial charge in [-0.1, -0.05) is 12.1 Å². The number of hydrogen-bond donors (Lipinski definition) is 3. The first-order chi connectivity index (χ1) is 17.0. The number of aliphatic hydroxyl groups is 1. The van der Waals surface area contributed by atoms with E-state index in [0.717, 1.165) is 25.1 Å². The van der Waals surface area contributed by atoms with Crippen LogP contribution in [0.5, 0.6) is 0 Å². The van der Waals surface area contributed by atoms with Gasteiger partial charge in [0.1, 0.15) is 6.61 Å². The van der Waals surface area contributed by atoms with Gasteiger partial charge in [0.05, 0.1) is 13.2 Å².